The van der Waals surface area contributed by atoms with E-state index in [1.807, 2.05) is 29.2 Å². The number of methoxy groups -OCH3 is 1. The predicted molar refractivity (Wildman–Crippen MR) is 100 cm³/mol. The number of nitrogens with zero attached hydrogens (tertiary/aromatic N) is 4. The predicted octanol–water partition coefficient (Wildman–Crippen LogP) is 2.58. The molecule has 1 aromatic heterocycles. The van der Waals surface area contributed by atoms with Crippen LogP contribution in [0.4, 0.5) is 0 Å². The molecule has 2 fully saturated rings. The van der Waals surface area contributed by atoms with E-state index >= 15 is 0 Å². The number of carbonyl (C=O) groups excluding carboxylic acids is 1. The number of hydrogen-bond acceptors (Lipinski definition) is 6. The monoisotopic (exact) mass is 370 g/mol. The van der Waals surface area contributed by atoms with Gasteiger partial charge in [0.05, 0.1) is 13.7 Å². The molecule has 4 rings (SSSR count). The van der Waals surface area contributed by atoms with E-state index in [2.05, 4.69) is 15.0 Å². The highest BCUT2D eigenvalue weighted by Gasteiger charge is 2.29. The lowest BCUT2D eigenvalue weighted by Crippen LogP contribution is -2.49. The molecule has 0 unspecified atom stereocenters. The molecule has 0 N–H and O–H groups in total. The van der Waals surface area contributed by atoms with Crippen molar-refractivity contribution in [1.82, 2.24) is 19.9 Å². The summed E-state index contributed by atoms with van der Waals surface area (Å²) >= 11 is 0. The molecule has 2 aliphatic rings. The summed E-state index contributed by atoms with van der Waals surface area (Å²) in [5.74, 6) is 2.61. The van der Waals surface area contributed by atoms with Crippen LogP contribution < -0.4 is 4.74 Å². The van der Waals surface area contributed by atoms with Gasteiger partial charge in [-0.1, -0.05) is 18.0 Å². The summed E-state index contributed by atoms with van der Waals surface area (Å²) in [4.78, 5) is 21.3. The van der Waals surface area contributed by atoms with Crippen molar-refractivity contribution in [2.45, 2.75) is 32.2 Å². The summed E-state index contributed by atoms with van der Waals surface area (Å²) in [6.07, 6.45) is 4.53. The smallest absolute Gasteiger partial charge is 0.257 e. The van der Waals surface area contributed by atoms with Crippen LogP contribution in [0.25, 0.3) is 11.5 Å². The van der Waals surface area contributed by atoms with Gasteiger partial charge in [0.25, 0.3) is 5.89 Å². The van der Waals surface area contributed by atoms with E-state index in [-0.39, 0.29) is 5.92 Å². The second kappa shape index (κ2) is 8.08. The number of hydrogen-bond donors (Lipinski definition) is 0. The third-order valence-corrected chi connectivity index (χ3v) is 5.56. The fourth-order valence-electron chi connectivity index (χ4n) is 3.93. The first-order chi connectivity index (χ1) is 13.2. The first-order valence-electron chi connectivity index (χ1n) is 9.71. The van der Waals surface area contributed by atoms with Crippen molar-refractivity contribution < 1.29 is 14.1 Å². The van der Waals surface area contributed by atoms with E-state index in [0.717, 1.165) is 50.3 Å². The maximum atomic E-state index is 12.5. The van der Waals surface area contributed by atoms with Gasteiger partial charge in [-0.3, -0.25) is 9.69 Å². The number of ether oxygens (including phenoxy) is 1. The molecule has 1 amide bonds. The Morgan fingerprint density at radius 3 is 2.52 bits per heavy atom. The van der Waals surface area contributed by atoms with Gasteiger partial charge >= 0.3 is 0 Å². The lowest BCUT2D eigenvalue weighted by Gasteiger charge is -2.35. The third kappa shape index (κ3) is 4.13. The topological polar surface area (TPSA) is 71.7 Å². The van der Waals surface area contributed by atoms with Gasteiger partial charge in [0.15, 0.2) is 5.82 Å². The zero-order valence-electron chi connectivity index (χ0n) is 15.8. The van der Waals surface area contributed by atoms with Gasteiger partial charge in [0, 0.05) is 37.7 Å². The van der Waals surface area contributed by atoms with E-state index in [1.165, 1.54) is 12.8 Å². The number of amides is 1. The molecule has 0 atom stereocenters. The standard InChI is InChI=1S/C20H26N4O3/c1-26-17-8-6-15(7-9-17)19-21-18(22-27-19)14-23-10-12-24(13-11-23)20(25)16-4-2-3-5-16/h6-9,16H,2-5,10-14H2,1H3. The van der Waals surface area contributed by atoms with E-state index in [9.17, 15) is 4.79 Å². The molecule has 2 aromatic rings. The summed E-state index contributed by atoms with van der Waals surface area (Å²) in [5.41, 5.74) is 0.876. The molecule has 144 valence electrons. The van der Waals surface area contributed by atoms with Crippen molar-refractivity contribution in [2.24, 2.45) is 5.92 Å². The van der Waals surface area contributed by atoms with Crippen molar-refractivity contribution in [3.8, 4) is 17.2 Å². The van der Waals surface area contributed by atoms with Crippen LogP contribution in [0.1, 0.15) is 31.5 Å². The van der Waals surface area contributed by atoms with E-state index in [0.29, 0.717) is 24.2 Å². The van der Waals surface area contributed by atoms with Crippen LogP contribution >= 0.6 is 0 Å². The first kappa shape index (κ1) is 18.0. The van der Waals surface area contributed by atoms with Crippen LogP contribution in [-0.4, -0.2) is 59.1 Å². The zero-order valence-corrected chi connectivity index (χ0v) is 15.8. The Kier molecular flexibility index (Phi) is 5.38. The van der Waals surface area contributed by atoms with Gasteiger partial charge in [0.1, 0.15) is 5.75 Å². The second-order valence-corrected chi connectivity index (χ2v) is 7.33. The molecule has 0 radical (unpaired) electrons. The average molecular weight is 370 g/mol. The summed E-state index contributed by atoms with van der Waals surface area (Å²) in [5, 5.41) is 4.11. The molecule has 1 aliphatic carbocycles. The van der Waals surface area contributed by atoms with Crippen molar-refractivity contribution in [1.29, 1.82) is 0 Å². The van der Waals surface area contributed by atoms with Gasteiger partial charge in [-0.15, -0.1) is 0 Å². The molecule has 7 nitrogen and oxygen atoms in total. The van der Waals surface area contributed by atoms with Crippen LogP contribution in [0.3, 0.4) is 0 Å². The normalized spacial score (nSPS) is 18.8. The molecular weight excluding hydrogens is 344 g/mol. The van der Waals surface area contributed by atoms with Gasteiger partial charge in [-0.05, 0) is 37.1 Å². The van der Waals surface area contributed by atoms with Crippen molar-refractivity contribution in [3.05, 3.63) is 30.1 Å². The molecule has 27 heavy (non-hydrogen) atoms. The Balaban J connectivity index is 1.30. The van der Waals surface area contributed by atoms with Crippen LogP contribution in [0, 0.1) is 5.92 Å². The van der Waals surface area contributed by atoms with Gasteiger partial charge in [0.2, 0.25) is 5.91 Å². The van der Waals surface area contributed by atoms with E-state index in [4.69, 9.17) is 9.26 Å². The summed E-state index contributed by atoms with van der Waals surface area (Å²) in [7, 11) is 1.64. The van der Waals surface area contributed by atoms with Crippen LogP contribution in [0.5, 0.6) is 5.75 Å². The fraction of sp³-hybridized carbons (Fsp3) is 0.550. The van der Waals surface area contributed by atoms with Crippen LogP contribution in [-0.2, 0) is 11.3 Å². The highest BCUT2D eigenvalue weighted by molar-refractivity contribution is 5.79. The molecule has 1 aromatic carbocycles. The van der Waals surface area contributed by atoms with E-state index in [1.54, 1.807) is 7.11 Å². The fourth-order valence-corrected chi connectivity index (χ4v) is 3.93. The summed E-state index contributed by atoms with van der Waals surface area (Å²) in [6, 6.07) is 7.56. The highest BCUT2D eigenvalue weighted by atomic mass is 16.5. The number of benzene rings is 1. The number of carbonyl (C=O) groups is 1. The molecule has 0 bridgehead atoms. The third-order valence-electron chi connectivity index (χ3n) is 5.56. The SMILES string of the molecule is COc1ccc(-c2nc(CN3CCN(C(=O)C4CCCC4)CC3)no2)cc1. The maximum absolute atomic E-state index is 12.5. The number of aromatic nitrogens is 2. The maximum Gasteiger partial charge on any atom is 0.257 e. The van der Waals surface area contributed by atoms with Crippen LogP contribution in [0.15, 0.2) is 28.8 Å². The van der Waals surface area contributed by atoms with Gasteiger partial charge in [-0.25, -0.2) is 0 Å². The Bertz CT molecular complexity index is 760. The zero-order chi connectivity index (χ0) is 18.6. The lowest BCUT2D eigenvalue weighted by atomic mass is 10.1. The molecule has 1 saturated carbocycles. The first-order valence-corrected chi connectivity index (χ1v) is 9.71. The molecular formula is C20H26N4O3. The highest BCUT2D eigenvalue weighted by Crippen LogP contribution is 2.27. The Hall–Kier alpha value is -2.41. The molecule has 1 aliphatic heterocycles. The van der Waals surface area contributed by atoms with Crippen molar-refractivity contribution >= 4 is 5.91 Å². The van der Waals surface area contributed by atoms with Crippen molar-refractivity contribution in [3.63, 3.8) is 0 Å². The van der Waals surface area contributed by atoms with E-state index < -0.39 is 0 Å². The molecule has 0 spiro atoms. The second-order valence-electron chi connectivity index (χ2n) is 7.33. The minimum Gasteiger partial charge on any atom is -0.497 e. The largest absolute Gasteiger partial charge is 0.497 e. The van der Waals surface area contributed by atoms with Gasteiger partial charge in [-0.2, -0.15) is 4.98 Å². The van der Waals surface area contributed by atoms with Crippen LogP contribution in [0.2, 0.25) is 0 Å². The minimum atomic E-state index is 0.265. The number of piperazine rings is 1. The Morgan fingerprint density at radius 1 is 1.15 bits per heavy atom. The Morgan fingerprint density at radius 2 is 1.85 bits per heavy atom. The van der Waals surface area contributed by atoms with Crippen molar-refractivity contribution in [2.75, 3.05) is 33.3 Å². The Labute approximate surface area is 159 Å². The molecule has 7 heteroatoms. The van der Waals surface area contributed by atoms with Gasteiger partial charge < -0.3 is 14.2 Å². The summed E-state index contributed by atoms with van der Waals surface area (Å²) < 4.78 is 10.6. The number of rotatable bonds is 5. The average Bonchev–Trinajstić information content (AvgIpc) is 3.40. The summed E-state index contributed by atoms with van der Waals surface area (Å²) in [6.45, 7) is 3.93. The minimum absolute atomic E-state index is 0.265. The lowest BCUT2D eigenvalue weighted by molar-refractivity contribution is -0.137. The molecule has 2 heterocycles. The quantitative estimate of drug-likeness (QED) is 0.806. The molecule has 1 saturated heterocycles.